The normalized spacial score (nSPS) is 22.3. The molecule has 2 N–H and O–H groups in total. The fourth-order valence-corrected chi connectivity index (χ4v) is 5.22. The molecule has 2 aromatic carbocycles. The molecule has 9 heteroatoms. The second-order valence-electron chi connectivity index (χ2n) is 9.93. The molecule has 7 nitrogen and oxygen atoms in total. The highest BCUT2D eigenvalue weighted by molar-refractivity contribution is 6.00. The zero-order chi connectivity index (χ0) is 25.2. The summed E-state index contributed by atoms with van der Waals surface area (Å²) in [5.74, 6) is -1.82. The Morgan fingerprint density at radius 1 is 1.14 bits per heavy atom. The lowest BCUT2D eigenvalue weighted by molar-refractivity contribution is -0.228. The third-order valence-electron chi connectivity index (χ3n) is 7.63. The van der Waals surface area contributed by atoms with Gasteiger partial charge in [0, 0.05) is 11.8 Å². The maximum atomic E-state index is 14.4. The second kappa shape index (κ2) is 7.81. The first-order chi connectivity index (χ1) is 17.2. The molecule has 184 valence electrons. The largest absolute Gasteiger partial charge is 0.478 e. The van der Waals surface area contributed by atoms with Crippen molar-refractivity contribution in [3.8, 4) is 17.0 Å². The Hall–Kier alpha value is -3.88. The van der Waals surface area contributed by atoms with E-state index in [9.17, 15) is 23.5 Å². The van der Waals surface area contributed by atoms with Crippen LogP contribution >= 0.6 is 0 Å². The molecule has 0 saturated heterocycles. The third-order valence-corrected chi connectivity index (χ3v) is 7.63. The number of ether oxygens (including phenoxy) is 1. The SMILES string of the molecule is Cc1cnc(NC(=O)C2(c3ccc4c(c3)OC(F)(F)C3CC4C3)CC2)nc1-c1cccc(C(=O)O)c1. The number of nitrogens with one attached hydrogen (secondary N) is 1. The number of aryl methyl sites for hydroxylation is 1. The summed E-state index contributed by atoms with van der Waals surface area (Å²) in [6, 6.07) is 11.6. The van der Waals surface area contributed by atoms with Gasteiger partial charge in [0.1, 0.15) is 5.75 Å². The quantitative estimate of drug-likeness (QED) is 0.502. The van der Waals surface area contributed by atoms with E-state index in [4.69, 9.17) is 4.74 Å². The number of amides is 1. The van der Waals surface area contributed by atoms with Gasteiger partial charge in [-0.1, -0.05) is 24.3 Å². The molecule has 2 bridgehead atoms. The summed E-state index contributed by atoms with van der Waals surface area (Å²) in [5, 5.41) is 12.1. The molecule has 2 saturated carbocycles. The molecule has 36 heavy (non-hydrogen) atoms. The van der Waals surface area contributed by atoms with E-state index in [1.807, 2.05) is 12.1 Å². The summed E-state index contributed by atoms with van der Waals surface area (Å²) in [4.78, 5) is 33.4. The Bertz CT molecular complexity index is 1410. The molecule has 3 aromatic rings. The molecule has 2 aliphatic heterocycles. The first-order valence-corrected chi connectivity index (χ1v) is 11.9. The summed E-state index contributed by atoms with van der Waals surface area (Å²) >= 11 is 0. The number of benzene rings is 2. The molecule has 4 aliphatic rings. The Morgan fingerprint density at radius 2 is 1.92 bits per heavy atom. The average molecular weight is 491 g/mol. The fraction of sp³-hybridized carbons (Fsp3) is 0.333. The number of carboxylic acids is 1. The maximum Gasteiger partial charge on any atom is 0.400 e. The van der Waals surface area contributed by atoms with Gasteiger partial charge in [-0.15, -0.1) is 0 Å². The number of hydrogen-bond acceptors (Lipinski definition) is 5. The molecular formula is C27H23F2N3O4. The van der Waals surface area contributed by atoms with Crippen LogP contribution in [0.15, 0.2) is 48.7 Å². The van der Waals surface area contributed by atoms with Crippen molar-refractivity contribution in [2.24, 2.45) is 5.92 Å². The average Bonchev–Trinajstić information content (AvgIpc) is 3.63. The van der Waals surface area contributed by atoms with E-state index in [2.05, 4.69) is 15.3 Å². The van der Waals surface area contributed by atoms with Gasteiger partial charge in [-0.3, -0.25) is 10.1 Å². The lowest BCUT2D eigenvalue weighted by Gasteiger charge is -2.34. The van der Waals surface area contributed by atoms with Crippen molar-refractivity contribution < 1.29 is 28.2 Å². The van der Waals surface area contributed by atoms with Crippen LogP contribution in [0.2, 0.25) is 0 Å². The number of fused-ring (bicyclic) bond motifs is 1. The van der Waals surface area contributed by atoms with Crippen molar-refractivity contribution >= 4 is 17.8 Å². The number of carbonyl (C=O) groups excluding carboxylic acids is 1. The van der Waals surface area contributed by atoms with Crippen LogP contribution in [0, 0.1) is 12.8 Å². The summed E-state index contributed by atoms with van der Waals surface area (Å²) in [6.45, 7) is 1.80. The monoisotopic (exact) mass is 491 g/mol. The van der Waals surface area contributed by atoms with Crippen molar-refractivity contribution in [2.45, 2.75) is 50.0 Å². The van der Waals surface area contributed by atoms with Crippen LogP contribution in [0.1, 0.15) is 58.6 Å². The number of halogens is 2. The molecule has 0 unspecified atom stereocenters. The smallest absolute Gasteiger partial charge is 0.400 e. The number of alkyl halides is 2. The van der Waals surface area contributed by atoms with Gasteiger partial charge in [0.25, 0.3) is 0 Å². The molecular weight excluding hydrogens is 468 g/mol. The Labute approximate surface area is 205 Å². The first-order valence-electron chi connectivity index (χ1n) is 11.9. The topological polar surface area (TPSA) is 101 Å². The van der Waals surface area contributed by atoms with Gasteiger partial charge in [-0.25, -0.2) is 14.8 Å². The van der Waals surface area contributed by atoms with Crippen LogP contribution in [0.5, 0.6) is 5.75 Å². The zero-order valence-electron chi connectivity index (χ0n) is 19.4. The minimum absolute atomic E-state index is 0.0652. The molecule has 3 heterocycles. The van der Waals surface area contributed by atoms with E-state index in [-0.39, 0.29) is 29.1 Å². The number of hydrogen-bond donors (Lipinski definition) is 2. The van der Waals surface area contributed by atoms with Gasteiger partial charge in [-0.05, 0) is 73.4 Å². The molecule has 1 aromatic heterocycles. The zero-order valence-corrected chi connectivity index (χ0v) is 19.4. The van der Waals surface area contributed by atoms with Crippen LogP contribution in [0.4, 0.5) is 14.7 Å². The van der Waals surface area contributed by atoms with Crippen LogP contribution in [-0.2, 0) is 10.2 Å². The molecule has 0 atom stereocenters. The summed E-state index contributed by atoms with van der Waals surface area (Å²) in [5.41, 5.74) is 2.50. The number of rotatable bonds is 5. The fourth-order valence-electron chi connectivity index (χ4n) is 5.22. The van der Waals surface area contributed by atoms with Gasteiger partial charge in [-0.2, -0.15) is 8.78 Å². The predicted octanol–water partition coefficient (Wildman–Crippen LogP) is 5.30. The van der Waals surface area contributed by atoms with Crippen molar-refractivity contribution in [1.82, 2.24) is 9.97 Å². The number of aromatic carboxylic acids is 1. The van der Waals surface area contributed by atoms with E-state index < -0.39 is 23.4 Å². The number of anilines is 1. The van der Waals surface area contributed by atoms with Crippen LogP contribution in [-0.4, -0.2) is 33.1 Å². The van der Waals surface area contributed by atoms with Crippen molar-refractivity contribution in [3.63, 3.8) is 0 Å². The van der Waals surface area contributed by atoms with E-state index in [0.29, 0.717) is 42.5 Å². The minimum Gasteiger partial charge on any atom is -0.478 e. The summed E-state index contributed by atoms with van der Waals surface area (Å²) in [7, 11) is 0. The van der Waals surface area contributed by atoms with Gasteiger partial charge < -0.3 is 9.84 Å². The van der Waals surface area contributed by atoms with Gasteiger partial charge in [0.2, 0.25) is 11.9 Å². The standard InChI is InChI=1S/C27H23F2N3O4/c1-14-13-30-25(31-22(14)15-3-2-4-16(9-15)23(33)34)32-24(35)26(7-8-26)18-5-6-20-17-10-19(11-17)27(28,29)36-21(20)12-18/h2-6,9,12-13,17,19H,7-8,10-11H2,1H3,(H,33,34)(H,30,31,32,35). The first kappa shape index (κ1) is 22.6. The molecule has 2 fully saturated rings. The van der Waals surface area contributed by atoms with Gasteiger partial charge >= 0.3 is 12.1 Å². The maximum absolute atomic E-state index is 14.4. The Balaban J connectivity index is 1.27. The van der Waals surface area contributed by atoms with E-state index in [1.54, 1.807) is 31.3 Å². The number of nitrogens with zero attached hydrogens (tertiary/aromatic N) is 2. The Morgan fingerprint density at radius 3 is 2.64 bits per heavy atom. The van der Waals surface area contributed by atoms with Crippen LogP contribution < -0.4 is 10.1 Å². The van der Waals surface area contributed by atoms with Crippen LogP contribution in [0.3, 0.4) is 0 Å². The van der Waals surface area contributed by atoms with E-state index >= 15 is 0 Å². The molecule has 7 rings (SSSR count). The van der Waals surface area contributed by atoms with Gasteiger partial charge in [0.15, 0.2) is 0 Å². The highest BCUT2D eigenvalue weighted by atomic mass is 19.3. The Kier molecular flexibility index (Phi) is 4.90. The second-order valence-corrected chi connectivity index (χ2v) is 9.93. The third kappa shape index (κ3) is 3.61. The highest BCUT2D eigenvalue weighted by Crippen LogP contribution is 2.57. The van der Waals surface area contributed by atoms with Crippen molar-refractivity contribution in [2.75, 3.05) is 5.32 Å². The number of carbonyl (C=O) groups is 2. The van der Waals surface area contributed by atoms with Crippen LogP contribution in [0.25, 0.3) is 11.3 Å². The molecule has 1 amide bonds. The van der Waals surface area contributed by atoms with Crippen molar-refractivity contribution in [1.29, 1.82) is 0 Å². The van der Waals surface area contributed by atoms with E-state index in [1.165, 1.54) is 12.1 Å². The van der Waals surface area contributed by atoms with Gasteiger partial charge in [0.05, 0.1) is 22.6 Å². The molecule has 2 aliphatic carbocycles. The lowest BCUT2D eigenvalue weighted by atomic mass is 9.71. The summed E-state index contributed by atoms with van der Waals surface area (Å²) in [6.07, 6.45) is 0.318. The molecule has 0 spiro atoms. The highest BCUT2D eigenvalue weighted by Gasteiger charge is 2.55. The van der Waals surface area contributed by atoms with E-state index in [0.717, 1.165) is 11.1 Å². The lowest BCUT2D eigenvalue weighted by Crippen LogP contribution is -2.39. The summed E-state index contributed by atoms with van der Waals surface area (Å²) < 4.78 is 33.9. The van der Waals surface area contributed by atoms with Crippen molar-refractivity contribution in [3.05, 3.63) is 70.9 Å². The molecule has 0 radical (unpaired) electrons. The minimum atomic E-state index is -3.20. The predicted molar refractivity (Wildman–Crippen MR) is 126 cm³/mol. The number of carboxylic acid groups (broad SMARTS) is 1. The number of aromatic nitrogens is 2.